The van der Waals surface area contributed by atoms with Crippen LogP contribution in [-0.4, -0.2) is 36.5 Å². The molecule has 0 spiro atoms. The second-order valence-electron chi connectivity index (χ2n) is 6.79. The van der Waals surface area contributed by atoms with Crippen LogP contribution in [-0.2, 0) is 6.54 Å². The number of carbonyl (C=O) groups excluding carboxylic acids is 1. The van der Waals surface area contributed by atoms with Crippen LogP contribution in [0.5, 0.6) is 0 Å². The zero-order valence-corrected chi connectivity index (χ0v) is 15.0. The highest BCUT2D eigenvalue weighted by Gasteiger charge is 2.30. The SMILES string of the molecule is CC1c2cccn2CCN1C(=O)c1cnn2c(-c3ccccc3)ccnc12. The minimum Gasteiger partial charge on any atom is -0.348 e. The molecular weight excluding hydrogens is 338 g/mol. The highest BCUT2D eigenvalue weighted by molar-refractivity contribution is 6.00. The average Bonchev–Trinajstić information content (AvgIpc) is 3.35. The van der Waals surface area contributed by atoms with E-state index in [4.69, 9.17) is 0 Å². The molecule has 1 aliphatic rings. The maximum absolute atomic E-state index is 13.3. The van der Waals surface area contributed by atoms with Gasteiger partial charge in [-0.2, -0.15) is 5.10 Å². The van der Waals surface area contributed by atoms with Gasteiger partial charge in [-0.3, -0.25) is 4.79 Å². The summed E-state index contributed by atoms with van der Waals surface area (Å²) < 4.78 is 3.95. The van der Waals surface area contributed by atoms with E-state index in [0.29, 0.717) is 17.8 Å². The number of rotatable bonds is 2. The van der Waals surface area contributed by atoms with Crippen molar-refractivity contribution in [3.05, 3.63) is 78.4 Å². The number of hydrogen-bond donors (Lipinski definition) is 0. The van der Waals surface area contributed by atoms with Gasteiger partial charge in [0.2, 0.25) is 0 Å². The van der Waals surface area contributed by atoms with Crippen LogP contribution in [0, 0.1) is 0 Å². The molecule has 0 bridgehead atoms. The molecule has 0 saturated heterocycles. The van der Waals surface area contributed by atoms with E-state index < -0.39 is 0 Å². The van der Waals surface area contributed by atoms with E-state index in [1.807, 2.05) is 47.4 Å². The van der Waals surface area contributed by atoms with Gasteiger partial charge in [-0.05, 0) is 25.1 Å². The Labute approximate surface area is 156 Å². The molecule has 1 aliphatic heterocycles. The lowest BCUT2D eigenvalue weighted by molar-refractivity contribution is 0.0646. The Hall–Kier alpha value is -3.41. The first kappa shape index (κ1) is 15.8. The fraction of sp³-hybridized carbons (Fsp3) is 0.190. The van der Waals surface area contributed by atoms with Crippen LogP contribution >= 0.6 is 0 Å². The first-order chi connectivity index (χ1) is 13.2. The summed E-state index contributed by atoms with van der Waals surface area (Å²) in [4.78, 5) is 19.6. The molecule has 4 aromatic rings. The van der Waals surface area contributed by atoms with E-state index in [1.54, 1.807) is 16.9 Å². The fourth-order valence-electron chi connectivity index (χ4n) is 3.88. The molecule has 27 heavy (non-hydrogen) atoms. The number of benzene rings is 1. The molecule has 1 aromatic carbocycles. The molecule has 0 aliphatic carbocycles. The van der Waals surface area contributed by atoms with E-state index in [-0.39, 0.29) is 11.9 Å². The maximum atomic E-state index is 13.3. The van der Waals surface area contributed by atoms with Gasteiger partial charge in [0.15, 0.2) is 5.65 Å². The lowest BCUT2D eigenvalue weighted by Crippen LogP contribution is -2.40. The number of fused-ring (bicyclic) bond motifs is 2. The van der Waals surface area contributed by atoms with Gasteiger partial charge in [0.1, 0.15) is 5.56 Å². The number of aromatic nitrogens is 4. The van der Waals surface area contributed by atoms with Crippen LogP contribution in [0.3, 0.4) is 0 Å². The monoisotopic (exact) mass is 357 g/mol. The van der Waals surface area contributed by atoms with Crippen molar-refractivity contribution in [3.63, 3.8) is 0 Å². The van der Waals surface area contributed by atoms with E-state index in [0.717, 1.165) is 23.5 Å². The molecule has 1 amide bonds. The summed E-state index contributed by atoms with van der Waals surface area (Å²) >= 11 is 0. The van der Waals surface area contributed by atoms with Crippen molar-refractivity contribution in [3.8, 4) is 11.3 Å². The molecule has 0 N–H and O–H groups in total. The minimum atomic E-state index is -0.0253. The van der Waals surface area contributed by atoms with E-state index >= 15 is 0 Å². The second kappa shape index (κ2) is 6.09. The van der Waals surface area contributed by atoms with Crippen LogP contribution in [0.4, 0.5) is 0 Å². The van der Waals surface area contributed by atoms with Crippen LogP contribution in [0.2, 0.25) is 0 Å². The van der Waals surface area contributed by atoms with Crippen molar-refractivity contribution < 1.29 is 4.79 Å². The first-order valence-corrected chi connectivity index (χ1v) is 9.08. The second-order valence-corrected chi connectivity index (χ2v) is 6.79. The zero-order valence-electron chi connectivity index (χ0n) is 15.0. The fourth-order valence-corrected chi connectivity index (χ4v) is 3.88. The van der Waals surface area contributed by atoms with Crippen molar-refractivity contribution in [2.45, 2.75) is 19.5 Å². The van der Waals surface area contributed by atoms with Crippen LogP contribution in [0.25, 0.3) is 16.9 Å². The quantitative estimate of drug-likeness (QED) is 0.552. The maximum Gasteiger partial charge on any atom is 0.259 e. The van der Waals surface area contributed by atoms with Crippen molar-refractivity contribution in [2.24, 2.45) is 0 Å². The third kappa shape index (κ3) is 2.44. The Balaban J connectivity index is 1.56. The molecule has 4 heterocycles. The van der Waals surface area contributed by atoms with E-state index in [2.05, 4.69) is 33.8 Å². The summed E-state index contributed by atoms with van der Waals surface area (Å²) in [7, 11) is 0. The summed E-state index contributed by atoms with van der Waals surface area (Å²) in [5.41, 5.74) is 4.24. The van der Waals surface area contributed by atoms with Gasteiger partial charge in [-0.25, -0.2) is 9.50 Å². The summed E-state index contributed by atoms with van der Waals surface area (Å²) in [6.07, 6.45) is 5.44. The van der Waals surface area contributed by atoms with Crippen LogP contribution < -0.4 is 0 Å². The van der Waals surface area contributed by atoms with Gasteiger partial charge in [0, 0.05) is 36.7 Å². The molecule has 6 nitrogen and oxygen atoms in total. The molecule has 1 atom stereocenters. The lowest BCUT2D eigenvalue weighted by Gasteiger charge is -2.34. The summed E-state index contributed by atoms with van der Waals surface area (Å²) in [6, 6.07) is 16.1. The zero-order chi connectivity index (χ0) is 18.4. The van der Waals surface area contributed by atoms with Gasteiger partial charge in [-0.1, -0.05) is 30.3 Å². The standard InChI is InChI=1S/C21H19N5O/c1-15-18-8-5-11-24(18)12-13-25(15)21(27)17-14-23-26-19(9-10-22-20(17)26)16-6-3-2-4-7-16/h2-11,14-15H,12-13H2,1H3. The normalized spacial score (nSPS) is 16.5. The Kier molecular flexibility index (Phi) is 3.57. The Bertz CT molecular complexity index is 1130. The average molecular weight is 357 g/mol. The lowest BCUT2D eigenvalue weighted by atomic mass is 10.1. The molecule has 134 valence electrons. The van der Waals surface area contributed by atoms with Gasteiger partial charge in [-0.15, -0.1) is 0 Å². The topological polar surface area (TPSA) is 55.4 Å². The predicted molar refractivity (Wildman–Crippen MR) is 102 cm³/mol. The molecule has 0 saturated carbocycles. The van der Waals surface area contributed by atoms with Crippen molar-refractivity contribution in [1.29, 1.82) is 0 Å². The molecule has 5 rings (SSSR count). The van der Waals surface area contributed by atoms with Gasteiger partial charge in [0.05, 0.1) is 17.9 Å². The first-order valence-electron chi connectivity index (χ1n) is 9.08. The van der Waals surface area contributed by atoms with Gasteiger partial charge in [0.25, 0.3) is 5.91 Å². The number of nitrogens with zero attached hydrogens (tertiary/aromatic N) is 5. The molecule has 0 radical (unpaired) electrons. The molecule has 1 unspecified atom stereocenters. The summed E-state index contributed by atoms with van der Waals surface area (Å²) in [6.45, 7) is 3.55. The Morgan fingerprint density at radius 3 is 2.78 bits per heavy atom. The van der Waals surface area contributed by atoms with Gasteiger partial charge >= 0.3 is 0 Å². The number of hydrogen-bond acceptors (Lipinski definition) is 3. The molecule has 6 heteroatoms. The third-order valence-corrected chi connectivity index (χ3v) is 5.30. The van der Waals surface area contributed by atoms with E-state index in [9.17, 15) is 4.79 Å². The molecular formula is C21H19N5O. The molecule has 3 aromatic heterocycles. The van der Waals surface area contributed by atoms with Crippen molar-refractivity contribution in [2.75, 3.05) is 6.54 Å². The summed E-state index contributed by atoms with van der Waals surface area (Å²) in [5, 5.41) is 4.47. The van der Waals surface area contributed by atoms with Gasteiger partial charge < -0.3 is 9.47 Å². The van der Waals surface area contributed by atoms with Crippen LogP contribution in [0.1, 0.15) is 29.0 Å². The number of carbonyl (C=O) groups is 1. The third-order valence-electron chi connectivity index (χ3n) is 5.30. The highest BCUT2D eigenvalue weighted by Crippen LogP contribution is 2.28. The predicted octanol–water partition coefficient (Wildman–Crippen LogP) is 3.41. The highest BCUT2D eigenvalue weighted by atomic mass is 16.2. The Morgan fingerprint density at radius 2 is 1.93 bits per heavy atom. The van der Waals surface area contributed by atoms with Crippen LogP contribution in [0.15, 0.2) is 67.1 Å². The van der Waals surface area contributed by atoms with E-state index in [1.165, 1.54) is 0 Å². The molecule has 0 fully saturated rings. The van der Waals surface area contributed by atoms with Crippen molar-refractivity contribution in [1.82, 2.24) is 24.1 Å². The Morgan fingerprint density at radius 1 is 1.07 bits per heavy atom. The summed E-state index contributed by atoms with van der Waals surface area (Å²) in [5.74, 6) is -0.0253. The van der Waals surface area contributed by atoms with Crippen molar-refractivity contribution >= 4 is 11.6 Å². The smallest absolute Gasteiger partial charge is 0.259 e. The minimum absolute atomic E-state index is 0.0218. The largest absolute Gasteiger partial charge is 0.348 e. The number of amides is 1.